The lowest BCUT2D eigenvalue weighted by atomic mass is 10.1. The molecule has 1 aromatic carbocycles. The number of hydrogen-bond donors (Lipinski definition) is 1. The van der Waals surface area contributed by atoms with E-state index in [1.165, 1.54) is 5.56 Å². The molecule has 0 spiro atoms. The lowest BCUT2D eigenvalue weighted by Gasteiger charge is -2.29. The van der Waals surface area contributed by atoms with Gasteiger partial charge in [-0.3, -0.25) is 4.90 Å². The highest BCUT2D eigenvalue weighted by Crippen LogP contribution is 2.23. The molecule has 0 saturated carbocycles. The predicted molar refractivity (Wildman–Crippen MR) is 82.5 cm³/mol. The number of benzene rings is 1. The van der Waals surface area contributed by atoms with Gasteiger partial charge in [0.25, 0.3) is 0 Å². The molecule has 0 amide bonds. The van der Waals surface area contributed by atoms with Gasteiger partial charge in [-0.2, -0.15) is 0 Å². The molecule has 0 aliphatic carbocycles. The number of nitrogens with two attached hydrogens (primary N) is 1. The van der Waals surface area contributed by atoms with E-state index < -0.39 is 0 Å². The largest absolute Gasteiger partial charge is 0.468 e. The van der Waals surface area contributed by atoms with Crippen molar-refractivity contribution in [3.63, 3.8) is 0 Å². The molecule has 1 aromatic heterocycles. The van der Waals surface area contributed by atoms with Gasteiger partial charge in [-0.05, 0) is 51.1 Å². The standard InChI is InChI=1S/C17H24N2O/c1-14(18)17(16-11-7-13-20-16)19(2)12-6-10-15-8-4-3-5-9-15/h3-5,7-9,11,13-14,17H,6,10,12,18H2,1-2H3. The van der Waals surface area contributed by atoms with Crippen LogP contribution in [-0.2, 0) is 6.42 Å². The molecule has 0 bridgehead atoms. The van der Waals surface area contributed by atoms with E-state index in [1.54, 1.807) is 6.26 Å². The average Bonchev–Trinajstić information content (AvgIpc) is 2.93. The number of aryl methyl sites for hydroxylation is 1. The van der Waals surface area contributed by atoms with E-state index in [1.807, 2.05) is 19.1 Å². The summed E-state index contributed by atoms with van der Waals surface area (Å²) in [7, 11) is 2.11. The second-order valence-electron chi connectivity index (χ2n) is 5.39. The smallest absolute Gasteiger partial charge is 0.122 e. The van der Waals surface area contributed by atoms with Crippen molar-refractivity contribution >= 4 is 0 Å². The van der Waals surface area contributed by atoms with Gasteiger partial charge in [0.15, 0.2) is 0 Å². The Labute approximate surface area is 121 Å². The first-order valence-electron chi connectivity index (χ1n) is 7.21. The summed E-state index contributed by atoms with van der Waals surface area (Å²) in [6.45, 7) is 3.03. The number of hydrogen-bond acceptors (Lipinski definition) is 3. The molecule has 0 aliphatic rings. The normalized spacial score (nSPS) is 14.4. The van der Waals surface area contributed by atoms with Crippen LogP contribution in [0.5, 0.6) is 0 Å². The average molecular weight is 272 g/mol. The fourth-order valence-electron chi connectivity index (χ4n) is 2.65. The lowest BCUT2D eigenvalue weighted by molar-refractivity contribution is 0.189. The molecule has 0 aliphatic heterocycles. The summed E-state index contributed by atoms with van der Waals surface area (Å²) >= 11 is 0. The Bertz CT molecular complexity index is 479. The van der Waals surface area contributed by atoms with Gasteiger partial charge >= 0.3 is 0 Å². The van der Waals surface area contributed by atoms with Crippen LogP contribution in [0.15, 0.2) is 53.1 Å². The predicted octanol–water partition coefficient (Wildman–Crippen LogP) is 3.23. The van der Waals surface area contributed by atoms with Gasteiger partial charge in [0.05, 0.1) is 12.3 Å². The fraction of sp³-hybridized carbons (Fsp3) is 0.412. The van der Waals surface area contributed by atoms with Crippen LogP contribution in [0.4, 0.5) is 0 Å². The minimum atomic E-state index is 0.0443. The van der Waals surface area contributed by atoms with E-state index in [4.69, 9.17) is 10.2 Å². The molecule has 2 aromatic rings. The molecule has 0 fully saturated rings. The van der Waals surface area contributed by atoms with Crippen molar-refractivity contribution in [1.29, 1.82) is 0 Å². The Morgan fingerprint density at radius 1 is 1.15 bits per heavy atom. The van der Waals surface area contributed by atoms with Crippen molar-refractivity contribution in [2.45, 2.75) is 31.8 Å². The molecule has 20 heavy (non-hydrogen) atoms. The summed E-state index contributed by atoms with van der Waals surface area (Å²) in [5.41, 5.74) is 7.50. The first-order valence-corrected chi connectivity index (χ1v) is 7.21. The summed E-state index contributed by atoms with van der Waals surface area (Å²) in [6.07, 6.45) is 3.92. The van der Waals surface area contributed by atoms with Crippen LogP contribution in [0.1, 0.15) is 30.7 Å². The van der Waals surface area contributed by atoms with Gasteiger partial charge in [-0.15, -0.1) is 0 Å². The molecule has 0 saturated heterocycles. The van der Waals surface area contributed by atoms with E-state index in [0.717, 1.165) is 25.1 Å². The summed E-state index contributed by atoms with van der Waals surface area (Å²) in [6, 6.07) is 14.7. The van der Waals surface area contributed by atoms with Crippen molar-refractivity contribution in [2.24, 2.45) is 5.73 Å². The van der Waals surface area contributed by atoms with Crippen LogP contribution >= 0.6 is 0 Å². The van der Waals surface area contributed by atoms with Gasteiger partial charge in [-0.1, -0.05) is 30.3 Å². The number of rotatable bonds is 7. The van der Waals surface area contributed by atoms with Crippen LogP contribution in [0, 0.1) is 0 Å². The molecule has 0 radical (unpaired) electrons. The van der Waals surface area contributed by atoms with Crippen LogP contribution in [0.2, 0.25) is 0 Å². The van der Waals surface area contributed by atoms with Crippen molar-refractivity contribution in [3.05, 3.63) is 60.1 Å². The number of likely N-dealkylation sites (N-methyl/N-ethyl adjacent to an activating group) is 1. The van der Waals surface area contributed by atoms with Crippen molar-refractivity contribution in [2.75, 3.05) is 13.6 Å². The monoisotopic (exact) mass is 272 g/mol. The summed E-state index contributed by atoms with van der Waals surface area (Å²) in [4.78, 5) is 2.28. The highest BCUT2D eigenvalue weighted by atomic mass is 16.3. The number of nitrogens with zero attached hydrogens (tertiary/aromatic N) is 1. The lowest BCUT2D eigenvalue weighted by Crippen LogP contribution is -2.37. The Kier molecular flexibility index (Phi) is 5.39. The molecule has 2 unspecified atom stereocenters. The molecule has 1 heterocycles. The van der Waals surface area contributed by atoms with Crippen LogP contribution in [-0.4, -0.2) is 24.5 Å². The van der Waals surface area contributed by atoms with Crippen molar-refractivity contribution in [1.82, 2.24) is 4.90 Å². The zero-order valence-corrected chi connectivity index (χ0v) is 12.3. The zero-order valence-electron chi connectivity index (χ0n) is 12.3. The molecular formula is C17H24N2O. The maximum Gasteiger partial charge on any atom is 0.122 e. The summed E-state index contributed by atoms with van der Waals surface area (Å²) < 4.78 is 5.52. The SMILES string of the molecule is CC(N)C(c1ccco1)N(C)CCCc1ccccc1. The van der Waals surface area contributed by atoms with E-state index in [9.17, 15) is 0 Å². The Morgan fingerprint density at radius 3 is 2.50 bits per heavy atom. The van der Waals surface area contributed by atoms with Gasteiger partial charge in [-0.25, -0.2) is 0 Å². The third-order valence-electron chi connectivity index (χ3n) is 3.63. The maximum atomic E-state index is 6.11. The fourth-order valence-corrected chi connectivity index (χ4v) is 2.65. The first-order chi connectivity index (χ1) is 9.68. The van der Waals surface area contributed by atoms with E-state index in [-0.39, 0.29) is 12.1 Å². The Morgan fingerprint density at radius 2 is 1.90 bits per heavy atom. The Hall–Kier alpha value is -1.58. The third-order valence-corrected chi connectivity index (χ3v) is 3.63. The molecule has 2 N–H and O–H groups in total. The van der Waals surface area contributed by atoms with Crippen molar-refractivity contribution in [3.8, 4) is 0 Å². The zero-order chi connectivity index (χ0) is 14.4. The highest BCUT2D eigenvalue weighted by molar-refractivity contribution is 5.14. The number of furan rings is 1. The van der Waals surface area contributed by atoms with Gasteiger partial charge in [0.2, 0.25) is 0 Å². The second-order valence-corrected chi connectivity index (χ2v) is 5.39. The van der Waals surface area contributed by atoms with Crippen molar-refractivity contribution < 1.29 is 4.42 Å². The van der Waals surface area contributed by atoms with E-state index in [2.05, 4.69) is 42.3 Å². The Balaban J connectivity index is 1.88. The quantitative estimate of drug-likeness (QED) is 0.841. The second kappa shape index (κ2) is 7.27. The van der Waals surface area contributed by atoms with E-state index in [0.29, 0.717) is 0 Å². The van der Waals surface area contributed by atoms with Gasteiger partial charge < -0.3 is 10.2 Å². The highest BCUT2D eigenvalue weighted by Gasteiger charge is 2.23. The van der Waals surface area contributed by atoms with Gasteiger partial charge in [0, 0.05) is 6.04 Å². The molecule has 108 valence electrons. The molecule has 2 atom stereocenters. The third kappa shape index (κ3) is 3.95. The molecule has 3 nitrogen and oxygen atoms in total. The molecular weight excluding hydrogens is 248 g/mol. The molecule has 3 heteroatoms. The van der Waals surface area contributed by atoms with Crippen LogP contribution in [0.25, 0.3) is 0 Å². The molecule has 2 rings (SSSR count). The minimum absolute atomic E-state index is 0.0443. The first kappa shape index (κ1) is 14.8. The summed E-state index contributed by atoms with van der Waals surface area (Å²) in [5, 5.41) is 0. The maximum absolute atomic E-state index is 6.11. The summed E-state index contributed by atoms with van der Waals surface area (Å²) in [5.74, 6) is 0.946. The topological polar surface area (TPSA) is 42.4 Å². The minimum Gasteiger partial charge on any atom is -0.468 e. The van der Waals surface area contributed by atoms with Crippen LogP contribution in [0.3, 0.4) is 0 Å². The van der Waals surface area contributed by atoms with Crippen LogP contribution < -0.4 is 5.73 Å². The van der Waals surface area contributed by atoms with E-state index >= 15 is 0 Å². The van der Waals surface area contributed by atoms with Gasteiger partial charge in [0.1, 0.15) is 5.76 Å².